The highest BCUT2D eigenvalue weighted by molar-refractivity contribution is 6.02. The molecule has 0 heterocycles. The number of nitriles is 2. The van der Waals surface area contributed by atoms with Crippen molar-refractivity contribution in [2.24, 2.45) is 5.92 Å². The third-order valence-electron chi connectivity index (χ3n) is 3.90. The smallest absolute Gasteiger partial charge is 0.224 e. The average Bonchev–Trinajstić information content (AvgIpc) is 2.62. The maximum Gasteiger partial charge on any atom is 0.224 e. The van der Waals surface area contributed by atoms with Crippen molar-refractivity contribution in [3.63, 3.8) is 0 Å². The Labute approximate surface area is 154 Å². The van der Waals surface area contributed by atoms with E-state index in [1.54, 1.807) is 39.4 Å². The summed E-state index contributed by atoms with van der Waals surface area (Å²) in [6.07, 6.45) is 1.91. The third kappa shape index (κ3) is 6.41. The van der Waals surface area contributed by atoms with Crippen LogP contribution in [0.2, 0.25) is 0 Å². The molecule has 1 N–H and O–H groups in total. The van der Waals surface area contributed by atoms with Crippen molar-refractivity contribution in [2.45, 2.75) is 32.7 Å². The summed E-state index contributed by atoms with van der Waals surface area (Å²) in [6.45, 7) is 3.71. The highest BCUT2D eigenvalue weighted by atomic mass is 16.2. The largest absolute Gasteiger partial charge is 0.381 e. The maximum atomic E-state index is 12.8. The molecule has 0 aromatic heterocycles. The number of rotatable bonds is 8. The van der Waals surface area contributed by atoms with E-state index in [1.807, 2.05) is 31.2 Å². The second-order valence-corrected chi connectivity index (χ2v) is 6.45. The van der Waals surface area contributed by atoms with Gasteiger partial charge in [0.2, 0.25) is 5.91 Å². The van der Waals surface area contributed by atoms with Gasteiger partial charge in [-0.25, -0.2) is 0 Å². The molecule has 0 fully saturated rings. The van der Waals surface area contributed by atoms with Gasteiger partial charge in [0, 0.05) is 19.7 Å². The number of nitrogens with one attached hydrogen (secondary N) is 1. The lowest BCUT2D eigenvalue weighted by molar-refractivity contribution is -0.128. The second kappa shape index (κ2) is 10.0. The summed E-state index contributed by atoms with van der Waals surface area (Å²) in [5.41, 5.74) is 2.33. The second-order valence-electron chi connectivity index (χ2n) is 6.45. The molecule has 6 nitrogen and oxygen atoms in total. The van der Waals surface area contributed by atoms with Gasteiger partial charge in [-0.3, -0.25) is 9.59 Å². The van der Waals surface area contributed by atoms with Crippen molar-refractivity contribution in [1.29, 1.82) is 10.5 Å². The minimum Gasteiger partial charge on any atom is -0.381 e. The van der Waals surface area contributed by atoms with Crippen LogP contribution >= 0.6 is 0 Å². The fourth-order valence-corrected chi connectivity index (χ4v) is 2.25. The predicted octanol–water partition coefficient (Wildman–Crippen LogP) is 2.57. The molecule has 1 aromatic rings. The van der Waals surface area contributed by atoms with Gasteiger partial charge >= 0.3 is 0 Å². The fraction of sp³-hybridized carbons (Fsp3) is 0.400. The molecule has 1 rings (SSSR count). The molecular weight excluding hydrogens is 328 g/mol. The van der Waals surface area contributed by atoms with Crippen molar-refractivity contribution in [3.05, 3.63) is 47.2 Å². The third-order valence-corrected chi connectivity index (χ3v) is 3.90. The molecule has 0 aliphatic rings. The summed E-state index contributed by atoms with van der Waals surface area (Å²) >= 11 is 0. The number of aryl methyl sites for hydroxylation is 1. The number of Topliss-reactive ketones (excluding diaryl/α,β-unsaturated/α-hetero) is 1. The Morgan fingerprint density at radius 1 is 1.15 bits per heavy atom. The van der Waals surface area contributed by atoms with Gasteiger partial charge in [-0.05, 0) is 26.5 Å². The number of amides is 1. The van der Waals surface area contributed by atoms with Crippen molar-refractivity contribution >= 4 is 11.7 Å². The summed E-state index contributed by atoms with van der Waals surface area (Å²) in [7, 11) is 3.28. The van der Waals surface area contributed by atoms with Gasteiger partial charge < -0.3 is 10.2 Å². The zero-order chi connectivity index (χ0) is 19.7. The summed E-state index contributed by atoms with van der Waals surface area (Å²) in [5, 5.41) is 20.7. The van der Waals surface area contributed by atoms with Gasteiger partial charge in [-0.1, -0.05) is 35.4 Å². The zero-order valence-corrected chi connectivity index (χ0v) is 15.6. The van der Waals surface area contributed by atoms with E-state index in [9.17, 15) is 9.59 Å². The lowest BCUT2D eigenvalue weighted by atomic mass is 9.99. The summed E-state index contributed by atoms with van der Waals surface area (Å²) in [6, 6.07) is 10.3. The number of ketones is 1. The van der Waals surface area contributed by atoms with E-state index in [2.05, 4.69) is 5.32 Å². The molecule has 0 bridgehead atoms. The molecule has 0 aliphatic heterocycles. The van der Waals surface area contributed by atoms with Crippen LogP contribution in [0, 0.1) is 35.5 Å². The van der Waals surface area contributed by atoms with Gasteiger partial charge in [0.05, 0.1) is 24.6 Å². The Morgan fingerprint density at radius 3 is 2.23 bits per heavy atom. The first kappa shape index (κ1) is 20.9. The average molecular weight is 352 g/mol. The van der Waals surface area contributed by atoms with Crippen molar-refractivity contribution in [2.75, 3.05) is 14.1 Å². The van der Waals surface area contributed by atoms with Crippen LogP contribution in [0.1, 0.15) is 35.7 Å². The lowest BCUT2D eigenvalue weighted by Gasteiger charge is -2.19. The van der Waals surface area contributed by atoms with E-state index < -0.39 is 12.0 Å². The minimum absolute atomic E-state index is 0.0173. The topological polar surface area (TPSA) is 97.0 Å². The number of carbonyl (C=O) groups is 2. The number of allylic oxidation sites excluding steroid dienone is 1. The Hall–Kier alpha value is -3.12. The Kier molecular flexibility index (Phi) is 8.05. The van der Waals surface area contributed by atoms with Crippen LogP contribution < -0.4 is 5.32 Å². The molecule has 0 saturated heterocycles. The summed E-state index contributed by atoms with van der Waals surface area (Å²) in [5.74, 6) is -1.08. The van der Waals surface area contributed by atoms with E-state index in [-0.39, 0.29) is 24.5 Å². The van der Waals surface area contributed by atoms with Crippen LogP contribution in [0.15, 0.2) is 36.0 Å². The van der Waals surface area contributed by atoms with E-state index in [0.29, 0.717) is 5.56 Å². The SMILES string of the molecule is CC(=CNC(CC(=O)N(C)C)C(=O)c1ccc(C)cc1)CC(C#N)C#N. The first-order valence-electron chi connectivity index (χ1n) is 8.30. The normalized spacial score (nSPS) is 12.0. The van der Waals surface area contributed by atoms with Gasteiger partial charge in [0.15, 0.2) is 5.78 Å². The molecule has 1 unspecified atom stereocenters. The Bertz CT molecular complexity index is 738. The van der Waals surface area contributed by atoms with Crippen LogP contribution in [-0.4, -0.2) is 36.7 Å². The quantitative estimate of drug-likeness (QED) is 0.725. The van der Waals surface area contributed by atoms with Crippen LogP contribution in [-0.2, 0) is 4.79 Å². The predicted molar refractivity (Wildman–Crippen MR) is 98.8 cm³/mol. The minimum atomic E-state index is -0.734. The van der Waals surface area contributed by atoms with E-state index >= 15 is 0 Å². The highest BCUT2D eigenvalue weighted by Gasteiger charge is 2.23. The standard InChI is InChI=1S/C20H24N4O2/c1-14-5-7-17(8-6-14)20(26)18(10-19(25)24(3)4)23-13-15(2)9-16(11-21)12-22/h5-8,13,16,18,23H,9-10H2,1-4H3. The molecule has 0 saturated carbocycles. The van der Waals surface area contributed by atoms with Gasteiger partial charge in [0.1, 0.15) is 5.92 Å². The number of carbonyl (C=O) groups excluding carboxylic acids is 2. The Morgan fingerprint density at radius 2 is 1.73 bits per heavy atom. The van der Waals surface area contributed by atoms with E-state index in [1.165, 1.54) is 4.90 Å². The monoisotopic (exact) mass is 352 g/mol. The summed E-state index contributed by atoms with van der Waals surface area (Å²) < 4.78 is 0. The molecule has 136 valence electrons. The number of nitrogens with zero attached hydrogens (tertiary/aromatic N) is 3. The van der Waals surface area contributed by atoms with Crippen molar-refractivity contribution < 1.29 is 9.59 Å². The van der Waals surface area contributed by atoms with E-state index in [0.717, 1.165) is 11.1 Å². The first-order valence-corrected chi connectivity index (χ1v) is 8.30. The maximum absolute atomic E-state index is 12.8. The molecular formula is C20H24N4O2. The van der Waals surface area contributed by atoms with E-state index in [4.69, 9.17) is 10.5 Å². The van der Waals surface area contributed by atoms with Crippen LogP contribution in [0.25, 0.3) is 0 Å². The van der Waals surface area contributed by atoms with Gasteiger partial charge in [-0.15, -0.1) is 0 Å². The van der Waals surface area contributed by atoms with Crippen molar-refractivity contribution in [3.8, 4) is 12.1 Å². The molecule has 26 heavy (non-hydrogen) atoms. The lowest BCUT2D eigenvalue weighted by Crippen LogP contribution is -2.39. The van der Waals surface area contributed by atoms with Gasteiger partial charge in [0.25, 0.3) is 0 Å². The fourth-order valence-electron chi connectivity index (χ4n) is 2.25. The summed E-state index contributed by atoms with van der Waals surface area (Å²) in [4.78, 5) is 26.3. The Balaban J connectivity index is 2.96. The zero-order valence-electron chi connectivity index (χ0n) is 15.6. The first-order chi connectivity index (χ1) is 12.3. The molecule has 1 amide bonds. The highest BCUT2D eigenvalue weighted by Crippen LogP contribution is 2.12. The molecule has 6 heteroatoms. The van der Waals surface area contributed by atoms with Crippen LogP contribution in [0.3, 0.4) is 0 Å². The van der Waals surface area contributed by atoms with Crippen molar-refractivity contribution in [1.82, 2.24) is 10.2 Å². The number of hydrogen-bond acceptors (Lipinski definition) is 5. The molecule has 0 spiro atoms. The van der Waals surface area contributed by atoms with Crippen LogP contribution in [0.5, 0.6) is 0 Å². The molecule has 0 aliphatic carbocycles. The van der Waals surface area contributed by atoms with Gasteiger partial charge in [-0.2, -0.15) is 10.5 Å². The molecule has 0 radical (unpaired) electrons. The van der Waals surface area contributed by atoms with Crippen LogP contribution in [0.4, 0.5) is 0 Å². The molecule has 1 aromatic carbocycles. The molecule has 1 atom stereocenters. The number of hydrogen-bond donors (Lipinski definition) is 1. The number of benzene rings is 1.